The van der Waals surface area contributed by atoms with Crippen molar-refractivity contribution in [2.75, 3.05) is 0 Å². The van der Waals surface area contributed by atoms with E-state index in [0.29, 0.717) is 28.6 Å². The molecule has 0 radical (unpaired) electrons. The number of benzene rings is 1. The summed E-state index contributed by atoms with van der Waals surface area (Å²) in [5.74, 6) is 0. The molecular formula is C16H15Cl2NO2. The van der Waals surface area contributed by atoms with E-state index >= 15 is 0 Å². The second kappa shape index (κ2) is 5.58. The number of aliphatic hydroxyl groups is 2. The zero-order valence-electron chi connectivity index (χ0n) is 11.2. The fraction of sp³-hybridized carbons (Fsp3) is 0.312. The first kappa shape index (κ1) is 14.8. The van der Waals surface area contributed by atoms with Crippen LogP contribution in [0.4, 0.5) is 0 Å². The van der Waals surface area contributed by atoms with Crippen molar-refractivity contribution in [3.8, 4) is 0 Å². The van der Waals surface area contributed by atoms with E-state index < -0.39 is 17.6 Å². The average Bonchev–Trinajstić information content (AvgIpc) is 2.47. The highest BCUT2D eigenvalue weighted by molar-refractivity contribution is 6.42. The van der Waals surface area contributed by atoms with E-state index in [-0.39, 0.29) is 0 Å². The summed E-state index contributed by atoms with van der Waals surface area (Å²) in [5, 5.41) is 21.5. The molecule has 0 unspecified atom stereocenters. The Morgan fingerprint density at radius 2 is 1.90 bits per heavy atom. The Balaban J connectivity index is 2.02. The van der Waals surface area contributed by atoms with Gasteiger partial charge in [0.2, 0.25) is 0 Å². The number of hydrogen-bond donors (Lipinski definition) is 2. The lowest BCUT2D eigenvalue weighted by Crippen LogP contribution is -2.49. The van der Waals surface area contributed by atoms with Crippen LogP contribution in [0.25, 0.3) is 0 Å². The SMILES string of the molecule is O[C@H](c1ccccn1)[C@]1(c2ccc(Cl)c(Cl)c2)C[C@H](O)C1. The van der Waals surface area contributed by atoms with Crippen LogP contribution < -0.4 is 0 Å². The van der Waals surface area contributed by atoms with Gasteiger partial charge < -0.3 is 10.2 Å². The second-order valence-corrected chi connectivity index (χ2v) is 6.32. The Morgan fingerprint density at radius 1 is 1.14 bits per heavy atom. The van der Waals surface area contributed by atoms with Crippen molar-refractivity contribution in [1.82, 2.24) is 4.98 Å². The van der Waals surface area contributed by atoms with E-state index in [1.54, 1.807) is 30.5 Å². The summed E-state index contributed by atoms with van der Waals surface area (Å²) in [7, 11) is 0. The third-order valence-electron chi connectivity index (χ3n) is 4.19. The highest BCUT2D eigenvalue weighted by atomic mass is 35.5. The fourth-order valence-electron chi connectivity index (χ4n) is 3.02. The van der Waals surface area contributed by atoms with Crippen LogP contribution in [-0.2, 0) is 5.41 Å². The lowest BCUT2D eigenvalue weighted by molar-refractivity contribution is -0.0591. The van der Waals surface area contributed by atoms with Crippen LogP contribution in [0.15, 0.2) is 42.6 Å². The molecule has 1 aromatic heterocycles. The van der Waals surface area contributed by atoms with Gasteiger partial charge in [-0.05, 0) is 42.7 Å². The fourth-order valence-corrected chi connectivity index (χ4v) is 3.32. The van der Waals surface area contributed by atoms with Gasteiger partial charge in [0.25, 0.3) is 0 Å². The Labute approximate surface area is 133 Å². The van der Waals surface area contributed by atoms with Crippen LogP contribution in [0.1, 0.15) is 30.2 Å². The first-order valence-corrected chi connectivity index (χ1v) is 7.51. The van der Waals surface area contributed by atoms with Gasteiger partial charge in [0.15, 0.2) is 0 Å². The number of hydrogen-bond acceptors (Lipinski definition) is 3. The standard InChI is InChI=1S/C16H15Cl2NO2/c17-12-5-4-10(7-13(12)18)16(8-11(20)9-16)15(21)14-3-1-2-6-19-14/h1-7,11,15,20-21H,8-9H2/t11-,15-,16+/m1/s1. The van der Waals surface area contributed by atoms with Crippen LogP contribution in [0.5, 0.6) is 0 Å². The molecule has 2 aromatic rings. The van der Waals surface area contributed by atoms with Crippen molar-refractivity contribution in [3.63, 3.8) is 0 Å². The van der Waals surface area contributed by atoms with Gasteiger partial charge in [-0.1, -0.05) is 35.3 Å². The molecule has 3 rings (SSSR count). The van der Waals surface area contributed by atoms with E-state index in [0.717, 1.165) is 5.56 Å². The molecule has 1 atom stereocenters. The van der Waals surface area contributed by atoms with Crippen molar-refractivity contribution in [1.29, 1.82) is 0 Å². The number of aromatic nitrogens is 1. The van der Waals surface area contributed by atoms with Crippen molar-refractivity contribution < 1.29 is 10.2 Å². The molecule has 1 saturated carbocycles. The summed E-state index contributed by atoms with van der Waals surface area (Å²) in [4.78, 5) is 4.23. The lowest BCUT2D eigenvalue weighted by atomic mass is 9.59. The minimum absolute atomic E-state index is 0.419. The Kier molecular flexibility index (Phi) is 3.93. The number of rotatable bonds is 3. The number of aliphatic hydroxyl groups excluding tert-OH is 2. The lowest BCUT2D eigenvalue weighted by Gasteiger charge is -2.48. The van der Waals surface area contributed by atoms with E-state index in [9.17, 15) is 10.2 Å². The van der Waals surface area contributed by atoms with Crippen LogP contribution in [0.3, 0.4) is 0 Å². The average molecular weight is 324 g/mol. The molecule has 1 aromatic carbocycles. The van der Waals surface area contributed by atoms with E-state index in [1.165, 1.54) is 0 Å². The van der Waals surface area contributed by atoms with E-state index in [4.69, 9.17) is 23.2 Å². The molecule has 0 aliphatic heterocycles. The van der Waals surface area contributed by atoms with E-state index in [2.05, 4.69) is 4.98 Å². The molecule has 3 nitrogen and oxygen atoms in total. The van der Waals surface area contributed by atoms with Crippen molar-refractivity contribution in [2.24, 2.45) is 0 Å². The van der Waals surface area contributed by atoms with Crippen molar-refractivity contribution >= 4 is 23.2 Å². The summed E-state index contributed by atoms with van der Waals surface area (Å²) in [6, 6.07) is 10.8. The summed E-state index contributed by atoms with van der Waals surface area (Å²) < 4.78 is 0. The topological polar surface area (TPSA) is 53.4 Å². The van der Waals surface area contributed by atoms with Crippen LogP contribution >= 0.6 is 23.2 Å². The third kappa shape index (κ3) is 2.55. The van der Waals surface area contributed by atoms with Gasteiger partial charge in [-0.25, -0.2) is 0 Å². The molecule has 0 bridgehead atoms. The van der Waals surface area contributed by atoms with Gasteiger partial charge in [0, 0.05) is 11.6 Å². The maximum atomic E-state index is 10.8. The number of nitrogens with zero attached hydrogens (tertiary/aromatic N) is 1. The second-order valence-electron chi connectivity index (χ2n) is 5.50. The number of halogens is 2. The van der Waals surface area contributed by atoms with Crippen LogP contribution in [0.2, 0.25) is 10.0 Å². The predicted molar refractivity (Wildman–Crippen MR) is 82.6 cm³/mol. The zero-order valence-corrected chi connectivity index (χ0v) is 12.7. The van der Waals surface area contributed by atoms with Gasteiger partial charge in [-0.3, -0.25) is 4.98 Å². The van der Waals surface area contributed by atoms with Crippen molar-refractivity contribution in [2.45, 2.75) is 30.5 Å². The monoisotopic (exact) mass is 323 g/mol. The summed E-state index contributed by atoms with van der Waals surface area (Å²) in [6.07, 6.45) is 1.39. The van der Waals surface area contributed by atoms with Crippen molar-refractivity contribution in [3.05, 3.63) is 63.9 Å². The molecule has 1 fully saturated rings. The van der Waals surface area contributed by atoms with Gasteiger partial charge in [-0.2, -0.15) is 0 Å². The molecule has 2 N–H and O–H groups in total. The van der Waals surface area contributed by atoms with Gasteiger partial charge in [0.05, 0.1) is 21.8 Å². The minimum atomic E-state index is -0.792. The third-order valence-corrected chi connectivity index (χ3v) is 4.92. The molecule has 1 aliphatic rings. The minimum Gasteiger partial charge on any atom is -0.393 e. The molecule has 0 saturated heterocycles. The molecule has 21 heavy (non-hydrogen) atoms. The molecule has 0 amide bonds. The van der Waals surface area contributed by atoms with Gasteiger partial charge in [0.1, 0.15) is 6.10 Å². The Morgan fingerprint density at radius 3 is 2.48 bits per heavy atom. The maximum Gasteiger partial charge on any atom is 0.106 e. The Hall–Kier alpha value is -1.13. The van der Waals surface area contributed by atoms with E-state index in [1.807, 2.05) is 12.1 Å². The summed E-state index contributed by atoms with van der Waals surface area (Å²) in [6.45, 7) is 0. The number of pyridine rings is 1. The first-order chi connectivity index (χ1) is 10.0. The van der Waals surface area contributed by atoms with Crippen LogP contribution in [0, 0.1) is 0 Å². The smallest absolute Gasteiger partial charge is 0.106 e. The predicted octanol–water partition coefficient (Wildman–Crippen LogP) is 3.51. The molecule has 0 spiro atoms. The maximum absolute atomic E-state index is 10.8. The van der Waals surface area contributed by atoms with Gasteiger partial charge in [-0.15, -0.1) is 0 Å². The molecule has 1 heterocycles. The summed E-state index contributed by atoms with van der Waals surface area (Å²) >= 11 is 12.1. The molecule has 1 aliphatic carbocycles. The zero-order chi connectivity index (χ0) is 15.0. The highest BCUT2D eigenvalue weighted by Crippen LogP contribution is 2.52. The Bertz CT molecular complexity index is 642. The first-order valence-electron chi connectivity index (χ1n) is 6.75. The normalized spacial score (nSPS) is 26.2. The van der Waals surface area contributed by atoms with Crippen LogP contribution in [-0.4, -0.2) is 21.3 Å². The molecular weight excluding hydrogens is 309 g/mol. The van der Waals surface area contributed by atoms with Gasteiger partial charge >= 0.3 is 0 Å². The largest absolute Gasteiger partial charge is 0.393 e. The molecule has 110 valence electrons. The highest BCUT2D eigenvalue weighted by Gasteiger charge is 2.51. The summed E-state index contributed by atoms with van der Waals surface area (Å²) in [5.41, 5.74) is 0.901. The molecule has 5 heteroatoms. The quantitative estimate of drug-likeness (QED) is 0.908.